The molecule has 4 nitrogen and oxygen atoms in total. The van der Waals surface area contributed by atoms with Gasteiger partial charge in [0.05, 0.1) is 12.0 Å². The molecule has 1 heterocycles. The maximum absolute atomic E-state index is 11.0. The van der Waals surface area contributed by atoms with Gasteiger partial charge < -0.3 is 14.6 Å². The molecular weight excluding hydrogens is 172 g/mol. The first-order valence-electron chi connectivity index (χ1n) is 4.18. The number of aldehydes is 1. The molecule has 4 atom stereocenters. The monoisotopic (exact) mass is 182 g/mol. The van der Waals surface area contributed by atoms with Gasteiger partial charge in [0.1, 0.15) is 12.4 Å². The Balaban J connectivity index is 2.29. The van der Waals surface area contributed by atoms with Crippen molar-refractivity contribution in [3.05, 3.63) is 12.2 Å². The second-order valence-corrected chi connectivity index (χ2v) is 3.51. The van der Waals surface area contributed by atoms with Gasteiger partial charge in [-0.2, -0.15) is 0 Å². The molecule has 70 valence electrons. The smallest absolute Gasteiger partial charge is 0.334 e. The molecule has 13 heavy (non-hydrogen) atoms. The van der Waals surface area contributed by atoms with Gasteiger partial charge in [0.25, 0.3) is 0 Å². The number of aliphatic hydroxyl groups excluding tert-OH is 1. The van der Waals surface area contributed by atoms with Crippen LogP contribution in [0, 0.1) is 11.8 Å². The summed E-state index contributed by atoms with van der Waals surface area (Å²) in [5.41, 5.74) is 0.318. The third kappa shape index (κ3) is 1.02. The Kier molecular flexibility index (Phi) is 1.73. The number of hydrogen-bond donors (Lipinski definition) is 1. The first-order valence-corrected chi connectivity index (χ1v) is 4.18. The van der Waals surface area contributed by atoms with Gasteiger partial charge in [-0.25, -0.2) is 4.79 Å². The quantitative estimate of drug-likeness (QED) is 0.342. The van der Waals surface area contributed by atoms with Crippen molar-refractivity contribution in [3.8, 4) is 0 Å². The molecule has 0 amide bonds. The summed E-state index contributed by atoms with van der Waals surface area (Å²) in [5.74, 6) is -1.27. The molecule has 0 unspecified atom stereocenters. The average Bonchev–Trinajstić information content (AvgIpc) is 2.51. The van der Waals surface area contributed by atoms with E-state index in [0.717, 1.165) is 0 Å². The number of rotatable bonds is 1. The molecule has 2 fully saturated rings. The molecule has 0 aromatic rings. The molecule has 4 heteroatoms. The van der Waals surface area contributed by atoms with E-state index in [0.29, 0.717) is 18.3 Å². The summed E-state index contributed by atoms with van der Waals surface area (Å²) < 4.78 is 4.94. The molecule has 0 radical (unpaired) electrons. The van der Waals surface area contributed by atoms with E-state index in [-0.39, 0.29) is 12.0 Å². The maximum Gasteiger partial charge on any atom is 0.334 e. The number of esters is 1. The number of aliphatic hydroxyl groups is 1. The lowest BCUT2D eigenvalue weighted by Crippen LogP contribution is -2.22. The van der Waals surface area contributed by atoms with Crippen LogP contribution in [0.4, 0.5) is 0 Å². The molecule has 0 aromatic carbocycles. The average molecular weight is 182 g/mol. The van der Waals surface area contributed by atoms with Crippen LogP contribution in [0.5, 0.6) is 0 Å². The Bertz CT molecular complexity index is 283. The van der Waals surface area contributed by atoms with E-state index < -0.39 is 18.0 Å². The minimum atomic E-state index is -0.697. The van der Waals surface area contributed by atoms with Crippen molar-refractivity contribution in [1.29, 1.82) is 0 Å². The first-order chi connectivity index (χ1) is 6.15. The van der Waals surface area contributed by atoms with Crippen LogP contribution in [0.3, 0.4) is 0 Å². The molecule has 1 saturated carbocycles. The molecule has 0 bridgehead atoms. The Labute approximate surface area is 75.2 Å². The molecule has 2 rings (SSSR count). The fourth-order valence-electron chi connectivity index (χ4n) is 2.13. The second kappa shape index (κ2) is 2.67. The molecule has 1 aliphatic heterocycles. The number of carbonyl (C=O) groups is 2. The molecular formula is C9H10O4. The minimum Gasteiger partial charge on any atom is -0.458 e. The zero-order valence-electron chi connectivity index (χ0n) is 6.97. The lowest BCUT2D eigenvalue weighted by atomic mass is 9.90. The van der Waals surface area contributed by atoms with Crippen LogP contribution >= 0.6 is 0 Å². The SMILES string of the molecule is C=C1C(=O)O[C@H]2C[C@@H](O)[C@H](C=O)[C@@H]12. The summed E-state index contributed by atoms with van der Waals surface area (Å²) in [6.07, 6.45) is -0.0102. The van der Waals surface area contributed by atoms with Gasteiger partial charge in [-0.1, -0.05) is 6.58 Å². The number of carbonyl (C=O) groups excluding carboxylic acids is 2. The van der Waals surface area contributed by atoms with Gasteiger partial charge in [0.15, 0.2) is 0 Å². The minimum absolute atomic E-state index is 0.306. The Hall–Kier alpha value is -1.16. The number of hydrogen-bond acceptors (Lipinski definition) is 4. The topological polar surface area (TPSA) is 63.6 Å². The summed E-state index contributed by atoms with van der Waals surface area (Å²) in [5, 5.41) is 9.44. The summed E-state index contributed by atoms with van der Waals surface area (Å²) in [6.45, 7) is 3.57. The van der Waals surface area contributed by atoms with E-state index in [9.17, 15) is 14.7 Å². The highest BCUT2D eigenvalue weighted by molar-refractivity contribution is 5.92. The highest BCUT2D eigenvalue weighted by Crippen LogP contribution is 2.42. The normalized spacial score (nSPS) is 43.2. The number of fused-ring (bicyclic) bond motifs is 1. The van der Waals surface area contributed by atoms with Crippen molar-refractivity contribution in [2.75, 3.05) is 0 Å². The fourth-order valence-corrected chi connectivity index (χ4v) is 2.13. The molecule has 0 aromatic heterocycles. The lowest BCUT2D eigenvalue weighted by molar-refractivity contribution is -0.139. The highest BCUT2D eigenvalue weighted by atomic mass is 16.6. The highest BCUT2D eigenvalue weighted by Gasteiger charge is 2.51. The van der Waals surface area contributed by atoms with Crippen LogP contribution < -0.4 is 0 Å². The van der Waals surface area contributed by atoms with E-state index in [1.165, 1.54) is 0 Å². The summed E-state index contributed by atoms with van der Waals surface area (Å²) in [6, 6.07) is 0. The van der Waals surface area contributed by atoms with Gasteiger partial charge >= 0.3 is 5.97 Å². The van der Waals surface area contributed by atoms with E-state index in [2.05, 4.69) is 6.58 Å². The molecule has 2 aliphatic rings. The Morgan fingerprint density at radius 1 is 1.62 bits per heavy atom. The Morgan fingerprint density at radius 2 is 2.31 bits per heavy atom. The van der Waals surface area contributed by atoms with Crippen LogP contribution in [0.25, 0.3) is 0 Å². The third-order valence-corrected chi connectivity index (χ3v) is 2.81. The van der Waals surface area contributed by atoms with Gasteiger partial charge in [0.2, 0.25) is 0 Å². The standard InChI is InChI=1S/C9H10O4/c1-4-8-5(3-10)6(11)2-7(8)13-9(4)12/h3,5-8,11H,1-2H2/t5-,6+,7-,8+/m0/s1. The van der Waals surface area contributed by atoms with Crippen molar-refractivity contribution in [3.63, 3.8) is 0 Å². The van der Waals surface area contributed by atoms with Gasteiger partial charge in [-0.3, -0.25) is 0 Å². The van der Waals surface area contributed by atoms with Gasteiger partial charge in [0, 0.05) is 17.9 Å². The largest absolute Gasteiger partial charge is 0.458 e. The van der Waals surface area contributed by atoms with E-state index in [4.69, 9.17) is 4.74 Å². The van der Waals surface area contributed by atoms with Crippen molar-refractivity contribution in [2.24, 2.45) is 11.8 Å². The summed E-state index contributed by atoms with van der Waals surface area (Å²) >= 11 is 0. The summed E-state index contributed by atoms with van der Waals surface area (Å²) in [7, 11) is 0. The van der Waals surface area contributed by atoms with Crippen molar-refractivity contribution in [2.45, 2.75) is 18.6 Å². The lowest BCUT2D eigenvalue weighted by Gasteiger charge is -2.11. The van der Waals surface area contributed by atoms with Crippen molar-refractivity contribution in [1.82, 2.24) is 0 Å². The van der Waals surface area contributed by atoms with Crippen LogP contribution in [-0.4, -0.2) is 29.6 Å². The Morgan fingerprint density at radius 3 is 2.92 bits per heavy atom. The van der Waals surface area contributed by atoms with Crippen molar-refractivity contribution < 1.29 is 19.4 Å². The fraction of sp³-hybridized carbons (Fsp3) is 0.556. The predicted octanol–water partition coefficient (Wildman–Crippen LogP) is -0.336. The third-order valence-electron chi connectivity index (χ3n) is 2.81. The number of ether oxygens (including phenoxy) is 1. The molecule has 1 saturated heterocycles. The van der Waals surface area contributed by atoms with E-state index >= 15 is 0 Å². The van der Waals surface area contributed by atoms with Crippen LogP contribution in [-0.2, 0) is 14.3 Å². The molecule has 1 aliphatic carbocycles. The van der Waals surface area contributed by atoms with Crippen LogP contribution in [0.2, 0.25) is 0 Å². The zero-order valence-corrected chi connectivity index (χ0v) is 6.97. The van der Waals surface area contributed by atoms with Gasteiger partial charge in [-0.05, 0) is 0 Å². The van der Waals surface area contributed by atoms with Crippen LogP contribution in [0.1, 0.15) is 6.42 Å². The van der Waals surface area contributed by atoms with Crippen molar-refractivity contribution >= 4 is 12.3 Å². The molecule has 0 spiro atoms. The first kappa shape index (κ1) is 8.44. The zero-order chi connectivity index (χ0) is 9.59. The second-order valence-electron chi connectivity index (χ2n) is 3.51. The maximum atomic E-state index is 11.0. The van der Waals surface area contributed by atoms with E-state index in [1.807, 2.05) is 0 Å². The predicted molar refractivity (Wildman–Crippen MR) is 42.7 cm³/mol. The van der Waals surface area contributed by atoms with Gasteiger partial charge in [-0.15, -0.1) is 0 Å². The summed E-state index contributed by atoms with van der Waals surface area (Å²) in [4.78, 5) is 21.7. The van der Waals surface area contributed by atoms with E-state index in [1.54, 1.807) is 0 Å². The van der Waals surface area contributed by atoms with Crippen LogP contribution in [0.15, 0.2) is 12.2 Å². The molecule has 1 N–H and O–H groups in total.